The largest absolute Gasteiger partial charge is 0.491 e. The highest BCUT2D eigenvalue weighted by Gasteiger charge is 2.13. The van der Waals surface area contributed by atoms with Crippen LogP contribution >= 0.6 is 63.7 Å². The van der Waals surface area contributed by atoms with Gasteiger partial charge in [-0.3, -0.25) is 0 Å². The van der Waals surface area contributed by atoms with Crippen LogP contribution in [0.3, 0.4) is 0 Å². The monoisotopic (exact) mass is 518 g/mol. The average molecular weight is 522 g/mol. The van der Waals surface area contributed by atoms with Crippen LogP contribution in [0.2, 0.25) is 0 Å². The Morgan fingerprint density at radius 1 is 0.842 bits per heavy atom. The van der Waals surface area contributed by atoms with Gasteiger partial charge in [0.2, 0.25) is 0 Å². The Morgan fingerprint density at radius 2 is 1.47 bits per heavy atom. The lowest BCUT2D eigenvalue weighted by Crippen LogP contribution is -1.99. The van der Waals surface area contributed by atoms with Gasteiger partial charge in [-0.1, -0.05) is 39.0 Å². The molecule has 0 saturated carbocycles. The SMILES string of the molecule is CCCCCCCCOc1c(Br)cc(Br)c(Br)c1Br. The average Bonchev–Trinajstić information content (AvgIpc) is 2.38. The lowest BCUT2D eigenvalue weighted by atomic mass is 10.1. The molecule has 0 aliphatic carbocycles. The molecule has 0 aliphatic rings. The zero-order valence-corrected chi connectivity index (χ0v) is 17.3. The molecule has 0 unspecified atom stereocenters. The quantitative estimate of drug-likeness (QED) is 0.196. The number of rotatable bonds is 8. The third-order valence-corrected chi connectivity index (χ3v) is 6.68. The summed E-state index contributed by atoms with van der Waals surface area (Å²) in [5, 5.41) is 0. The standard InChI is InChI=1S/C14H18Br4O/c1-2-3-4-5-6-7-8-19-14-11(16)9-10(15)12(17)13(14)18/h9H,2-8H2,1H3. The molecular weight excluding hydrogens is 504 g/mol. The van der Waals surface area contributed by atoms with Gasteiger partial charge in [0.05, 0.1) is 15.6 Å². The lowest BCUT2D eigenvalue weighted by Gasteiger charge is -2.12. The summed E-state index contributed by atoms with van der Waals surface area (Å²) >= 11 is 14.1. The molecular formula is C14H18Br4O. The van der Waals surface area contributed by atoms with E-state index in [0.717, 1.165) is 36.7 Å². The van der Waals surface area contributed by atoms with E-state index < -0.39 is 0 Å². The predicted molar refractivity (Wildman–Crippen MR) is 96.1 cm³/mol. The molecule has 0 atom stereocenters. The molecule has 5 heteroatoms. The summed E-state index contributed by atoms with van der Waals surface area (Å²) in [4.78, 5) is 0. The molecule has 0 saturated heterocycles. The Bertz CT molecular complexity index is 407. The summed E-state index contributed by atoms with van der Waals surface area (Å²) in [6, 6.07) is 1.99. The molecule has 19 heavy (non-hydrogen) atoms. The zero-order chi connectivity index (χ0) is 14.3. The van der Waals surface area contributed by atoms with Gasteiger partial charge >= 0.3 is 0 Å². The zero-order valence-electron chi connectivity index (χ0n) is 10.9. The number of hydrogen-bond donors (Lipinski definition) is 0. The van der Waals surface area contributed by atoms with Crippen LogP contribution in [-0.4, -0.2) is 6.61 Å². The number of unbranched alkanes of at least 4 members (excludes halogenated alkanes) is 5. The fourth-order valence-electron chi connectivity index (χ4n) is 1.74. The van der Waals surface area contributed by atoms with Crippen molar-refractivity contribution < 1.29 is 4.74 Å². The Kier molecular flexibility index (Phi) is 9.28. The Labute approximate surface area is 149 Å². The third kappa shape index (κ3) is 6.06. The van der Waals surface area contributed by atoms with Crippen LogP contribution in [0.25, 0.3) is 0 Å². The first-order valence-corrected chi connectivity index (χ1v) is 9.71. The van der Waals surface area contributed by atoms with Crippen molar-refractivity contribution in [3.63, 3.8) is 0 Å². The van der Waals surface area contributed by atoms with Crippen LogP contribution in [0.4, 0.5) is 0 Å². The molecule has 1 rings (SSSR count). The molecule has 0 bridgehead atoms. The van der Waals surface area contributed by atoms with E-state index >= 15 is 0 Å². The summed E-state index contributed by atoms with van der Waals surface area (Å²) in [5.74, 6) is 0.864. The topological polar surface area (TPSA) is 9.23 Å². The second kappa shape index (κ2) is 9.80. The lowest BCUT2D eigenvalue weighted by molar-refractivity contribution is 0.300. The van der Waals surface area contributed by atoms with Gasteiger partial charge in [-0.05, 0) is 76.2 Å². The normalized spacial score (nSPS) is 10.8. The molecule has 0 aromatic heterocycles. The second-order valence-corrected chi connectivity index (χ2v) is 7.71. The first-order chi connectivity index (χ1) is 9.07. The van der Waals surface area contributed by atoms with Crippen molar-refractivity contribution in [3.8, 4) is 5.75 Å². The Hall–Kier alpha value is 0.940. The van der Waals surface area contributed by atoms with Crippen molar-refractivity contribution in [2.45, 2.75) is 45.4 Å². The number of ether oxygens (including phenoxy) is 1. The van der Waals surface area contributed by atoms with E-state index in [2.05, 4.69) is 70.6 Å². The summed E-state index contributed by atoms with van der Waals surface area (Å²) < 4.78 is 9.75. The summed E-state index contributed by atoms with van der Waals surface area (Å²) in [6.07, 6.45) is 7.64. The fourth-order valence-corrected chi connectivity index (χ4v) is 4.38. The highest BCUT2D eigenvalue weighted by molar-refractivity contribution is 9.14. The summed E-state index contributed by atoms with van der Waals surface area (Å²) in [5.41, 5.74) is 0. The van der Waals surface area contributed by atoms with Crippen molar-refractivity contribution in [1.82, 2.24) is 0 Å². The van der Waals surface area contributed by atoms with Gasteiger partial charge in [-0.2, -0.15) is 0 Å². The molecule has 0 N–H and O–H groups in total. The molecule has 1 nitrogen and oxygen atoms in total. The minimum absolute atomic E-state index is 0.761. The van der Waals surface area contributed by atoms with E-state index in [1.807, 2.05) is 6.07 Å². The van der Waals surface area contributed by atoms with Crippen LogP contribution in [0.1, 0.15) is 45.4 Å². The van der Waals surface area contributed by atoms with Crippen LogP contribution in [0.5, 0.6) is 5.75 Å². The number of halogens is 4. The van der Waals surface area contributed by atoms with Gasteiger partial charge in [-0.15, -0.1) is 0 Å². The maximum absolute atomic E-state index is 5.87. The second-order valence-electron chi connectivity index (χ2n) is 4.41. The van der Waals surface area contributed by atoms with Crippen LogP contribution in [-0.2, 0) is 0 Å². The van der Waals surface area contributed by atoms with Crippen molar-refractivity contribution in [2.75, 3.05) is 6.61 Å². The Balaban J connectivity index is 2.39. The highest BCUT2D eigenvalue weighted by atomic mass is 79.9. The molecule has 0 heterocycles. The summed E-state index contributed by atoms with van der Waals surface area (Å²) in [7, 11) is 0. The minimum atomic E-state index is 0.761. The van der Waals surface area contributed by atoms with Gasteiger partial charge in [0.1, 0.15) is 5.75 Å². The Morgan fingerprint density at radius 3 is 2.16 bits per heavy atom. The minimum Gasteiger partial charge on any atom is -0.491 e. The van der Waals surface area contributed by atoms with Gasteiger partial charge in [0.15, 0.2) is 0 Å². The van der Waals surface area contributed by atoms with Crippen molar-refractivity contribution in [2.24, 2.45) is 0 Å². The molecule has 0 amide bonds. The predicted octanol–water partition coefficient (Wildman–Crippen LogP) is 7.48. The smallest absolute Gasteiger partial charge is 0.148 e. The first kappa shape index (κ1) is 18.0. The van der Waals surface area contributed by atoms with Gasteiger partial charge < -0.3 is 4.74 Å². The van der Waals surface area contributed by atoms with E-state index in [1.165, 1.54) is 32.1 Å². The third-order valence-electron chi connectivity index (χ3n) is 2.82. The van der Waals surface area contributed by atoms with Crippen LogP contribution in [0.15, 0.2) is 24.0 Å². The number of benzene rings is 1. The molecule has 108 valence electrons. The van der Waals surface area contributed by atoms with Crippen LogP contribution < -0.4 is 4.74 Å². The molecule has 0 radical (unpaired) electrons. The first-order valence-electron chi connectivity index (χ1n) is 6.53. The van der Waals surface area contributed by atoms with Crippen LogP contribution in [0, 0.1) is 0 Å². The number of hydrogen-bond acceptors (Lipinski definition) is 1. The van der Waals surface area contributed by atoms with E-state index in [9.17, 15) is 0 Å². The molecule has 1 aromatic carbocycles. The highest BCUT2D eigenvalue weighted by Crippen LogP contribution is 2.43. The van der Waals surface area contributed by atoms with Gasteiger partial charge in [0, 0.05) is 8.95 Å². The van der Waals surface area contributed by atoms with E-state index in [-0.39, 0.29) is 0 Å². The van der Waals surface area contributed by atoms with Crippen molar-refractivity contribution >= 4 is 63.7 Å². The fraction of sp³-hybridized carbons (Fsp3) is 0.571. The molecule has 1 aromatic rings. The van der Waals surface area contributed by atoms with Crippen molar-refractivity contribution in [3.05, 3.63) is 24.0 Å². The van der Waals surface area contributed by atoms with Crippen molar-refractivity contribution in [1.29, 1.82) is 0 Å². The molecule has 0 spiro atoms. The van der Waals surface area contributed by atoms with Gasteiger partial charge in [0.25, 0.3) is 0 Å². The molecule has 0 aliphatic heterocycles. The summed E-state index contributed by atoms with van der Waals surface area (Å²) in [6.45, 7) is 3.00. The van der Waals surface area contributed by atoms with E-state index in [4.69, 9.17) is 4.74 Å². The van der Waals surface area contributed by atoms with Gasteiger partial charge in [-0.25, -0.2) is 0 Å². The van der Waals surface area contributed by atoms with E-state index in [1.54, 1.807) is 0 Å². The van der Waals surface area contributed by atoms with E-state index in [0.29, 0.717) is 0 Å². The molecule has 0 fully saturated rings. The maximum atomic E-state index is 5.87. The maximum Gasteiger partial charge on any atom is 0.148 e.